The molecule has 4 rings (SSSR count). The van der Waals surface area contributed by atoms with E-state index in [1.165, 1.54) is 6.07 Å². The summed E-state index contributed by atoms with van der Waals surface area (Å²) in [7, 11) is 0. The molecule has 0 aliphatic heterocycles. The Kier molecular flexibility index (Phi) is 6.77. The average molecular weight is 459 g/mol. The van der Waals surface area contributed by atoms with Crippen molar-refractivity contribution in [2.45, 2.75) is 52.4 Å². The number of nitrogens with zero attached hydrogens (tertiary/aromatic N) is 2. The van der Waals surface area contributed by atoms with Crippen LogP contribution in [-0.2, 0) is 0 Å². The van der Waals surface area contributed by atoms with Gasteiger partial charge in [-0.15, -0.1) is 0 Å². The van der Waals surface area contributed by atoms with Gasteiger partial charge in [0.2, 0.25) is 0 Å². The zero-order valence-corrected chi connectivity index (χ0v) is 19.9. The molecule has 0 saturated heterocycles. The number of unbranched alkanes of at least 4 members (excludes halogenated alkanes) is 2. The summed E-state index contributed by atoms with van der Waals surface area (Å²) in [4.78, 5) is 46.0. The molecule has 1 N–H and O–H groups in total. The van der Waals surface area contributed by atoms with E-state index in [9.17, 15) is 19.5 Å². The molecule has 1 unspecified atom stereocenters. The van der Waals surface area contributed by atoms with Crippen LogP contribution in [0, 0.1) is 6.92 Å². The van der Waals surface area contributed by atoms with E-state index in [1.54, 1.807) is 18.2 Å². The topological polar surface area (TPSA) is 87.6 Å². The van der Waals surface area contributed by atoms with Gasteiger partial charge in [0.05, 0.1) is 5.52 Å². The maximum Gasteiger partial charge on any atom is 0.253 e. The molecule has 2 aromatic carbocycles. The maximum absolute atomic E-state index is 13.3. The second-order valence-electron chi connectivity index (χ2n) is 9.01. The fourth-order valence-corrected chi connectivity index (χ4v) is 4.48. The van der Waals surface area contributed by atoms with Gasteiger partial charge in [0.25, 0.3) is 5.91 Å². The molecule has 0 fully saturated rings. The van der Waals surface area contributed by atoms with Crippen molar-refractivity contribution in [3.8, 4) is 5.75 Å². The summed E-state index contributed by atoms with van der Waals surface area (Å²) in [6.07, 6.45) is 3.78. The van der Waals surface area contributed by atoms with Gasteiger partial charge in [-0.25, -0.2) is 4.98 Å². The van der Waals surface area contributed by atoms with Crippen LogP contribution in [0.15, 0.2) is 42.5 Å². The Morgan fingerprint density at radius 1 is 0.941 bits per heavy atom. The SMILES string of the molecule is CCCCN(CCCC)C(=O)c1ccc2c(c1)C(=O)C(c1nc3ccc(C)cc3cc1O)C2=O. The first kappa shape index (κ1) is 23.6. The Labute approximate surface area is 199 Å². The molecule has 176 valence electrons. The van der Waals surface area contributed by atoms with Crippen molar-refractivity contribution < 1.29 is 19.5 Å². The minimum atomic E-state index is -1.21. The zero-order valence-electron chi connectivity index (χ0n) is 19.9. The predicted molar refractivity (Wildman–Crippen MR) is 132 cm³/mol. The van der Waals surface area contributed by atoms with Crippen molar-refractivity contribution in [2.24, 2.45) is 0 Å². The summed E-state index contributed by atoms with van der Waals surface area (Å²) in [5.41, 5.74) is 2.57. The van der Waals surface area contributed by atoms with Crippen LogP contribution in [0.25, 0.3) is 10.9 Å². The standard InChI is InChI=1S/C28H30N2O4/c1-4-6-12-30(13-7-5-2)28(34)18-9-10-20-21(15-18)27(33)24(26(20)32)25-23(31)16-19-14-17(3)8-11-22(19)29-25/h8-11,14-16,24,31H,4-7,12-13H2,1-3H3. The van der Waals surface area contributed by atoms with E-state index in [1.807, 2.05) is 30.0 Å². The lowest BCUT2D eigenvalue weighted by atomic mass is 9.97. The molecule has 0 radical (unpaired) electrons. The normalized spacial score (nSPS) is 15.1. The minimum Gasteiger partial charge on any atom is -0.506 e. The van der Waals surface area contributed by atoms with Gasteiger partial charge in [-0.3, -0.25) is 14.4 Å². The molecule has 1 amide bonds. The number of rotatable bonds is 8. The molecular weight excluding hydrogens is 428 g/mol. The van der Waals surface area contributed by atoms with Crippen molar-refractivity contribution in [1.29, 1.82) is 0 Å². The number of aromatic nitrogens is 1. The van der Waals surface area contributed by atoms with Crippen LogP contribution in [-0.4, -0.2) is 45.6 Å². The lowest BCUT2D eigenvalue weighted by molar-refractivity contribution is 0.0750. The second kappa shape index (κ2) is 9.75. The van der Waals surface area contributed by atoms with E-state index in [0.29, 0.717) is 24.2 Å². The first-order valence-electron chi connectivity index (χ1n) is 12.0. The Hall–Kier alpha value is -3.54. The highest BCUT2D eigenvalue weighted by molar-refractivity contribution is 6.30. The Morgan fingerprint density at radius 3 is 2.29 bits per heavy atom. The molecular formula is C28H30N2O4. The van der Waals surface area contributed by atoms with Crippen molar-refractivity contribution in [2.75, 3.05) is 13.1 Å². The van der Waals surface area contributed by atoms with Crippen LogP contribution in [0.2, 0.25) is 0 Å². The lowest BCUT2D eigenvalue weighted by Gasteiger charge is -2.22. The van der Waals surface area contributed by atoms with Crippen LogP contribution >= 0.6 is 0 Å². The van der Waals surface area contributed by atoms with Gasteiger partial charge in [-0.05, 0) is 56.2 Å². The third-order valence-corrected chi connectivity index (χ3v) is 6.42. The Balaban J connectivity index is 1.67. The molecule has 1 aliphatic carbocycles. The summed E-state index contributed by atoms with van der Waals surface area (Å²) in [5, 5.41) is 11.4. The summed E-state index contributed by atoms with van der Waals surface area (Å²) in [5.74, 6) is -2.35. The van der Waals surface area contributed by atoms with Crippen LogP contribution in [0.4, 0.5) is 0 Å². The molecule has 6 heteroatoms. The van der Waals surface area contributed by atoms with E-state index in [4.69, 9.17) is 0 Å². The number of Topliss-reactive ketones (excluding diaryl/α,β-unsaturated/α-hetero) is 2. The molecule has 3 aromatic rings. The summed E-state index contributed by atoms with van der Waals surface area (Å²) in [6, 6.07) is 11.8. The number of aromatic hydroxyl groups is 1. The number of amides is 1. The number of benzene rings is 2. The summed E-state index contributed by atoms with van der Waals surface area (Å²) < 4.78 is 0. The number of ketones is 2. The van der Waals surface area contributed by atoms with Crippen LogP contribution in [0.3, 0.4) is 0 Å². The van der Waals surface area contributed by atoms with E-state index in [2.05, 4.69) is 18.8 Å². The zero-order chi connectivity index (χ0) is 24.4. The molecule has 6 nitrogen and oxygen atoms in total. The number of carbonyl (C=O) groups is 3. The molecule has 0 saturated carbocycles. The third-order valence-electron chi connectivity index (χ3n) is 6.42. The molecule has 1 atom stereocenters. The van der Waals surface area contributed by atoms with Crippen molar-refractivity contribution in [3.63, 3.8) is 0 Å². The quantitative estimate of drug-likeness (QED) is 0.453. The lowest BCUT2D eigenvalue weighted by Crippen LogP contribution is -2.33. The number of hydrogen-bond donors (Lipinski definition) is 1. The number of carbonyl (C=O) groups excluding carboxylic acids is 3. The monoisotopic (exact) mass is 458 g/mol. The maximum atomic E-state index is 13.3. The molecule has 1 heterocycles. The van der Waals surface area contributed by atoms with Gasteiger partial charge in [0, 0.05) is 35.2 Å². The molecule has 34 heavy (non-hydrogen) atoms. The highest BCUT2D eigenvalue weighted by atomic mass is 16.3. The number of hydrogen-bond acceptors (Lipinski definition) is 5. The van der Waals surface area contributed by atoms with Gasteiger partial charge in [0.15, 0.2) is 11.6 Å². The van der Waals surface area contributed by atoms with Gasteiger partial charge in [-0.2, -0.15) is 0 Å². The predicted octanol–water partition coefficient (Wildman–Crippen LogP) is 5.45. The molecule has 1 aromatic heterocycles. The van der Waals surface area contributed by atoms with Crippen molar-refractivity contribution in [3.05, 3.63) is 70.4 Å². The minimum absolute atomic E-state index is 0.0583. The summed E-state index contributed by atoms with van der Waals surface area (Å²) >= 11 is 0. The highest BCUT2D eigenvalue weighted by Gasteiger charge is 2.42. The number of fused-ring (bicyclic) bond motifs is 2. The second-order valence-corrected chi connectivity index (χ2v) is 9.01. The van der Waals surface area contributed by atoms with Crippen LogP contribution in [0.5, 0.6) is 5.75 Å². The van der Waals surface area contributed by atoms with E-state index in [0.717, 1.165) is 36.6 Å². The van der Waals surface area contributed by atoms with Gasteiger partial charge >= 0.3 is 0 Å². The van der Waals surface area contributed by atoms with E-state index in [-0.39, 0.29) is 28.5 Å². The molecule has 1 aliphatic rings. The Morgan fingerprint density at radius 2 is 1.62 bits per heavy atom. The fraction of sp³-hybridized carbons (Fsp3) is 0.357. The van der Waals surface area contributed by atoms with Crippen LogP contribution in [0.1, 0.15) is 87.8 Å². The first-order chi connectivity index (χ1) is 16.3. The number of pyridine rings is 1. The third kappa shape index (κ3) is 4.32. The van der Waals surface area contributed by atoms with E-state index >= 15 is 0 Å². The smallest absolute Gasteiger partial charge is 0.253 e. The largest absolute Gasteiger partial charge is 0.506 e. The first-order valence-corrected chi connectivity index (χ1v) is 12.0. The van der Waals surface area contributed by atoms with E-state index < -0.39 is 17.5 Å². The average Bonchev–Trinajstić information content (AvgIpc) is 3.07. The fourth-order valence-electron chi connectivity index (χ4n) is 4.48. The van der Waals surface area contributed by atoms with Gasteiger partial charge < -0.3 is 10.0 Å². The number of aryl methyl sites for hydroxylation is 1. The van der Waals surface area contributed by atoms with Gasteiger partial charge in [0.1, 0.15) is 17.4 Å². The molecule has 0 bridgehead atoms. The Bertz CT molecular complexity index is 1270. The summed E-state index contributed by atoms with van der Waals surface area (Å²) in [6.45, 7) is 7.43. The van der Waals surface area contributed by atoms with Gasteiger partial charge in [-0.1, -0.05) is 38.3 Å². The molecule has 0 spiro atoms. The van der Waals surface area contributed by atoms with Crippen molar-refractivity contribution in [1.82, 2.24) is 9.88 Å². The highest BCUT2D eigenvalue weighted by Crippen LogP contribution is 2.38. The van der Waals surface area contributed by atoms with Crippen molar-refractivity contribution >= 4 is 28.4 Å². The van der Waals surface area contributed by atoms with Crippen LogP contribution < -0.4 is 0 Å².